The maximum absolute atomic E-state index is 4.39. The molecule has 0 bridgehead atoms. The van der Waals surface area contributed by atoms with Crippen LogP contribution in [0.1, 0.15) is 24.6 Å². The van der Waals surface area contributed by atoms with Gasteiger partial charge in [-0.3, -0.25) is 0 Å². The lowest BCUT2D eigenvalue weighted by atomic mass is 10.1. The smallest absolute Gasteiger partial charge is 0.185 e. The Morgan fingerprint density at radius 1 is 1.39 bits per heavy atom. The van der Waals surface area contributed by atoms with Crippen LogP contribution in [0.4, 0.5) is 5.13 Å². The van der Waals surface area contributed by atoms with Crippen LogP contribution in [0.2, 0.25) is 0 Å². The second-order valence-electron chi connectivity index (χ2n) is 4.69. The molecule has 0 unspecified atom stereocenters. The first-order valence-electron chi connectivity index (χ1n) is 6.23. The predicted octanol–water partition coefficient (Wildman–Crippen LogP) is 3.86. The lowest BCUT2D eigenvalue weighted by Gasteiger charge is -2.33. The first kappa shape index (κ1) is 12.2. The summed E-state index contributed by atoms with van der Waals surface area (Å²) in [5.41, 5.74) is 1.34. The van der Waals surface area contributed by atoms with Crippen molar-refractivity contribution >= 4 is 32.4 Å². The van der Waals surface area contributed by atoms with Crippen LogP contribution in [0, 0.1) is 6.92 Å². The lowest BCUT2D eigenvalue weighted by Crippen LogP contribution is -2.34. The Bertz CT molecular complexity index is 512. The highest BCUT2D eigenvalue weighted by molar-refractivity contribution is 9.10. The molecular formula is C13H16BrN3S. The topological polar surface area (TPSA) is 21.1 Å². The van der Waals surface area contributed by atoms with Gasteiger partial charge in [-0.1, -0.05) is 0 Å². The Kier molecular flexibility index (Phi) is 3.43. The standard InChI is InChI=1S/C13H16BrN3S/c1-10-12(14)4-8-17(10)11-2-6-16(7-3-11)13-15-5-9-18-13/h4-5,8-9,11H,2-3,6-7H2,1H3. The zero-order valence-corrected chi connectivity index (χ0v) is 12.7. The fourth-order valence-electron chi connectivity index (χ4n) is 2.60. The van der Waals surface area contributed by atoms with E-state index in [1.807, 2.05) is 6.20 Å². The summed E-state index contributed by atoms with van der Waals surface area (Å²) in [5, 5.41) is 3.22. The molecule has 0 aliphatic carbocycles. The van der Waals surface area contributed by atoms with Gasteiger partial charge in [-0.05, 0) is 41.8 Å². The second kappa shape index (κ2) is 5.05. The van der Waals surface area contributed by atoms with Crippen molar-refractivity contribution < 1.29 is 0 Å². The van der Waals surface area contributed by atoms with Gasteiger partial charge in [0, 0.05) is 47.1 Å². The van der Waals surface area contributed by atoms with Gasteiger partial charge in [0.05, 0.1) is 0 Å². The molecule has 3 nitrogen and oxygen atoms in total. The molecule has 0 spiro atoms. The van der Waals surface area contributed by atoms with Gasteiger partial charge in [-0.2, -0.15) is 0 Å². The molecule has 0 saturated carbocycles. The van der Waals surface area contributed by atoms with E-state index in [-0.39, 0.29) is 0 Å². The van der Waals surface area contributed by atoms with Crippen molar-refractivity contribution in [3.63, 3.8) is 0 Å². The summed E-state index contributed by atoms with van der Waals surface area (Å²) in [4.78, 5) is 6.79. The van der Waals surface area contributed by atoms with Crippen LogP contribution in [-0.2, 0) is 0 Å². The van der Waals surface area contributed by atoms with Gasteiger partial charge in [-0.15, -0.1) is 11.3 Å². The fraction of sp³-hybridized carbons (Fsp3) is 0.462. The highest BCUT2D eigenvalue weighted by Crippen LogP contribution is 2.30. The molecule has 3 heterocycles. The first-order valence-corrected chi connectivity index (χ1v) is 7.90. The van der Waals surface area contributed by atoms with E-state index >= 15 is 0 Å². The zero-order valence-electron chi connectivity index (χ0n) is 10.3. The van der Waals surface area contributed by atoms with Crippen LogP contribution in [0.5, 0.6) is 0 Å². The third kappa shape index (κ3) is 2.21. The average Bonchev–Trinajstić information content (AvgIpc) is 3.02. The monoisotopic (exact) mass is 325 g/mol. The van der Waals surface area contributed by atoms with E-state index in [0.717, 1.165) is 13.1 Å². The van der Waals surface area contributed by atoms with Gasteiger partial charge in [0.15, 0.2) is 5.13 Å². The van der Waals surface area contributed by atoms with E-state index in [1.165, 1.54) is 28.1 Å². The minimum atomic E-state index is 0.632. The molecule has 0 aromatic carbocycles. The van der Waals surface area contributed by atoms with Crippen molar-refractivity contribution in [3.05, 3.63) is 34.0 Å². The van der Waals surface area contributed by atoms with Crippen LogP contribution in [0.25, 0.3) is 0 Å². The minimum Gasteiger partial charge on any atom is -0.348 e. The summed E-state index contributed by atoms with van der Waals surface area (Å²) in [7, 11) is 0. The molecule has 0 amide bonds. The zero-order chi connectivity index (χ0) is 12.5. The molecule has 2 aromatic rings. The normalized spacial score (nSPS) is 17.3. The Labute approximate surface area is 120 Å². The second-order valence-corrected chi connectivity index (χ2v) is 6.42. The Hall–Kier alpha value is -0.810. The summed E-state index contributed by atoms with van der Waals surface area (Å²) in [6.07, 6.45) is 6.48. The predicted molar refractivity (Wildman–Crippen MR) is 79.5 cm³/mol. The molecule has 96 valence electrons. The van der Waals surface area contributed by atoms with Crippen molar-refractivity contribution in [3.8, 4) is 0 Å². The largest absolute Gasteiger partial charge is 0.348 e. The van der Waals surface area contributed by atoms with Gasteiger partial charge >= 0.3 is 0 Å². The minimum absolute atomic E-state index is 0.632. The molecule has 1 aliphatic rings. The van der Waals surface area contributed by atoms with E-state index in [1.54, 1.807) is 11.3 Å². The van der Waals surface area contributed by atoms with Gasteiger partial charge in [-0.25, -0.2) is 4.98 Å². The number of anilines is 1. The van der Waals surface area contributed by atoms with Crippen molar-refractivity contribution in [2.45, 2.75) is 25.8 Å². The number of halogens is 1. The van der Waals surface area contributed by atoms with Crippen LogP contribution in [0.15, 0.2) is 28.3 Å². The van der Waals surface area contributed by atoms with Crippen molar-refractivity contribution in [2.24, 2.45) is 0 Å². The Balaban J connectivity index is 1.68. The molecule has 3 rings (SSSR count). The molecule has 0 atom stereocenters. The summed E-state index contributed by atoms with van der Waals surface area (Å²) in [6, 6.07) is 2.77. The summed E-state index contributed by atoms with van der Waals surface area (Å²) >= 11 is 5.32. The number of hydrogen-bond donors (Lipinski definition) is 0. The molecule has 0 radical (unpaired) electrons. The third-order valence-corrected chi connectivity index (χ3v) is 5.33. The quantitative estimate of drug-likeness (QED) is 0.836. The molecule has 1 saturated heterocycles. The molecule has 18 heavy (non-hydrogen) atoms. The van der Waals surface area contributed by atoms with Gasteiger partial charge in [0.1, 0.15) is 0 Å². The lowest BCUT2D eigenvalue weighted by molar-refractivity contribution is 0.391. The van der Waals surface area contributed by atoms with Gasteiger partial charge < -0.3 is 9.47 Å². The van der Waals surface area contributed by atoms with Crippen molar-refractivity contribution in [1.82, 2.24) is 9.55 Å². The van der Waals surface area contributed by atoms with E-state index in [2.05, 4.69) is 54.9 Å². The molecular weight excluding hydrogens is 310 g/mol. The number of rotatable bonds is 2. The number of nitrogens with zero attached hydrogens (tertiary/aromatic N) is 3. The van der Waals surface area contributed by atoms with Crippen molar-refractivity contribution in [2.75, 3.05) is 18.0 Å². The Morgan fingerprint density at radius 2 is 2.17 bits per heavy atom. The van der Waals surface area contributed by atoms with Crippen LogP contribution in [0.3, 0.4) is 0 Å². The Morgan fingerprint density at radius 3 is 2.72 bits per heavy atom. The van der Waals surface area contributed by atoms with E-state index in [0.29, 0.717) is 6.04 Å². The number of aromatic nitrogens is 2. The summed E-state index contributed by atoms with van der Waals surface area (Å²) < 4.78 is 3.62. The van der Waals surface area contributed by atoms with Crippen molar-refractivity contribution in [1.29, 1.82) is 0 Å². The number of piperidine rings is 1. The van der Waals surface area contributed by atoms with Gasteiger partial charge in [0.25, 0.3) is 0 Å². The highest BCUT2D eigenvalue weighted by Gasteiger charge is 2.22. The SMILES string of the molecule is Cc1c(Br)ccn1C1CCN(c2nccs2)CC1. The van der Waals surface area contributed by atoms with E-state index < -0.39 is 0 Å². The maximum Gasteiger partial charge on any atom is 0.185 e. The maximum atomic E-state index is 4.39. The van der Waals surface area contributed by atoms with Gasteiger partial charge in [0.2, 0.25) is 0 Å². The van der Waals surface area contributed by atoms with E-state index in [9.17, 15) is 0 Å². The number of thiazole rings is 1. The molecule has 1 fully saturated rings. The molecule has 2 aromatic heterocycles. The van der Waals surface area contributed by atoms with Crippen LogP contribution in [-0.4, -0.2) is 22.6 Å². The third-order valence-electron chi connectivity index (χ3n) is 3.66. The molecule has 5 heteroatoms. The summed E-state index contributed by atoms with van der Waals surface area (Å²) in [6.45, 7) is 4.39. The molecule has 1 aliphatic heterocycles. The fourth-order valence-corrected chi connectivity index (χ4v) is 3.62. The van der Waals surface area contributed by atoms with Crippen LogP contribution < -0.4 is 4.90 Å². The highest BCUT2D eigenvalue weighted by atomic mass is 79.9. The first-order chi connectivity index (χ1) is 8.75. The number of hydrogen-bond acceptors (Lipinski definition) is 3. The van der Waals surface area contributed by atoms with E-state index in [4.69, 9.17) is 0 Å². The summed E-state index contributed by atoms with van der Waals surface area (Å²) in [5.74, 6) is 0. The van der Waals surface area contributed by atoms with Crippen LogP contribution >= 0.6 is 27.3 Å². The average molecular weight is 326 g/mol. The molecule has 0 N–H and O–H groups in total.